The molecule has 1 aliphatic heterocycles. The molecule has 0 aromatic heterocycles. The molecule has 2 atom stereocenters. The molecule has 0 radical (unpaired) electrons. The highest BCUT2D eigenvalue weighted by Crippen LogP contribution is 2.08. The SMILES string of the molecule is CCCCCCCCOC(=O)[C@H](CCCCN)NC(=O)[C@H](CC1=NC=NC1)NC(=O)CN. The minimum Gasteiger partial charge on any atom is -0.464 e. The average molecular weight is 453 g/mol. The van der Waals surface area contributed by atoms with Crippen molar-refractivity contribution < 1.29 is 19.1 Å². The Labute approximate surface area is 191 Å². The lowest BCUT2D eigenvalue weighted by molar-refractivity contribution is -0.148. The van der Waals surface area contributed by atoms with Crippen LogP contribution in [-0.4, -0.2) is 68.2 Å². The predicted molar refractivity (Wildman–Crippen MR) is 126 cm³/mol. The van der Waals surface area contributed by atoms with Gasteiger partial charge in [-0.1, -0.05) is 39.0 Å². The van der Waals surface area contributed by atoms with Crippen LogP contribution < -0.4 is 22.1 Å². The van der Waals surface area contributed by atoms with E-state index in [4.69, 9.17) is 16.2 Å². The number of nitrogens with two attached hydrogens (primary N) is 2. The summed E-state index contributed by atoms with van der Waals surface area (Å²) in [6, 6.07) is -1.69. The number of ether oxygens (including phenoxy) is 1. The van der Waals surface area contributed by atoms with E-state index in [1.165, 1.54) is 25.6 Å². The number of unbranched alkanes of at least 4 members (excludes halogenated alkanes) is 6. The maximum Gasteiger partial charge on any atom is 0.328 e. The molecule has 1 aliphatic rings. The van der Waals surface area contributed by atoms with Gasteiger partial charge in [-0.25, -0.2) is 9.79 Å². The number of nitrogens with zero attached hydrogens (tertiary/aromatic N) is 2. The number of amides is 2. The maximum absolute atomic E-state index is 12.9. The van der Waals surface area contributed by atoms with E-state index in [-0.39, 0.29) is 13.0 Å². The third-order valence-electron chi connectivity index (χ3n) is 5.16. The molecule has 0 saturated carbocycles. The van der Waals surface area contributed by atoms with E-state index in [1.807, 2.05) is 0 Å². The quantitative estimate of drug-likeness (QED) is 0.178. The van der Waals surface area contributed by atoms with Gasteiger partial charge in [0.05, 0.1) is 19.7 Å². The van der Waals surface area contributed by atoms with Crippen molar-refractivity contribution in [3.8, 4) is 0 Å². The van der Waals surface area contributed by atoms with Gasteiger partial charge < -0.3 is 26.8 Å². The van der Waals surface area contributed by atoms with Crippen molar-refractivity contribution in [3.63, 3.8) is 0 Å². The molecular formula is C22H40N6O4. The van der Waals surface area contributed by atoms with E-state index in [9.17, 15) is 14.4 Å². The zero-order valence-electron chi connectivity index (χ0n) is 19.3. The van der Waals surface area contributed by atoms with Crippen LogP contribution in [0.3, 0.4) is 0 Å². The van der Waals surface area contributed by atoms with Crippen molar-refractivity contribution in [2.24, 2.45) is 21.5 Å². The van der Waals surface area contributed by atoms with E-state index in [0.717, 1.165) is 25.7 Å². The van der Waals surface area contributed by atoms with Crippen LogP contribution in [0, 0.1) is 0 Å². The van der Waals surface area contributed by atoms with Crippen LogP contribution in [0.5, 0.6) is 0 Å². The van der Waals surface area contributed by atoms with E-state index < -0.39 is 29.9 Å². The second kappa shape index (κ2) is 17.3. The third kappa shape index (κ3) is 11.9. The summed E-state index contributed by atoms with van der Waals surface area (Å²) in [5.41, 5.74) is 11.6. The first-order chi connectivity index (χ1) is 15.5. The monoisotopic (exact) mass is 452 g/mol. The first kappa shape index (κ1) is 27.7. The molecule has 182 valence electrons. The largest absolute Gasteiger partial charge is 0.464 e. The number of carbonyl (C=O) groups is 3. The van der Waals surface area contributed by atoms with Crippen molar-refractivity contribution in [1.82, 2.24) is 10.6 Å². The summed E-state index contributed by atoms with van der Waals surface area (Å²) >= 11 is 0. The molecule has 0 aromatic rings. The second-order valence-electron chi connectivity index (χ2n) is 7.96. The summed E-state index contributed by atoms with van der Waals surface area (Å²) in [6.07, 6.45) is 9.97. The van der Waals surface area contributed by atoms with Crippen LogP contribution in [0.2, 0.25) is 0 Å². The molecule has 10 nitrogen and oxygen atoms in total. The fourth-order valence-corrected chi connectivity index (χ4v) is 3.29. The maximum atomic E-state index is 12.9. The van der Waals surface area contributed by atoms with Crippen molar-refractivity contribution in [2.45, 2.75) is 83.2 Å². The third-order valence-corrected chi connectivity index (χ3v) is 5.16. The number of rotatable bonds is 18. The Morgan fingerprint density at radius 1 is 1.03 bits per heavy atom. The number of nitrogens with one attached hydrogen (secondary N) is 2. The van der Waals surface area contributed by atoms with Gasteiger partial charge in [0.25, 0.3) is 0 Å². The van der Waals surface area contributed by atoms with Gasteiger partial charge in [-0.05, 0) is 32.2 Å². The van der Waals surface area contributed by atoms with Crippen LogP contribution in [0.1, 0.15) is 71.1 Å². The number of aliphatic imine (C=N–C) groups is 2. The average Bonchev–Trinajstić information content (AvgIpc) is 3.30. The minimum atomic E-state index is -0.894. The Bertz CT molecular complexity index is 638. The summed E-state index contributed by atoms with van der Waals surface area (Å²) in [7, 11) is 0. The van der Waals surface area contributed by atoms with E-state index >= 15 is 0 Å². The van der Waals surface area contributed by atoms with Crippen LogP contribution in [0.15, 0.2) is 9.98 Å². The van der Waals surface area contributed by atoms with Gasteiger partial charge in [-0.3, -0.25) is 14.6 Å². The van der Waals surface area contributed by atoms with Gasteiger partial charge in [-0.15, -0.1) is 0 Å². The Kier molecular flexibility index (Phi) is 14.9. The minimum absolute atomic E-state index is 0.194. The van der Waals surface area contributed by atoms with Crippen LogP contribution >= 0.6 is 0 Å². The molecule has 0 saturated heterocycles. The summed E-state index contributed by atoms with van der Waals surface area (Å²) in [6.45, 7) is 3.13. The van der Waals surface area contributed by atoms with Gasteiger partial charge in [0, 0.05) is 12.1 Å². The highest BCUT2D eigenvalue weighted by molar-refractivity contribution is 6.01. The molecule has 10 heteroatoms. The van der Waals surface area contributed by atoms with E-state index in [2.05, 4.69) is 27.5 Å². The van der Waals surface area contributed by atoms with E-state index in [1.54, 1.807) is 0 Å². The van der Waals surface area contributed by atoms with Gasteiger partial charge >= 0.3 is 5.97 Å². The second-order valence-corrected chi connectivity index (χ2v) is 7.96. The van der Waals surface area contributed by atoms with Crippen LogP contribution in [-0.2, 0) is 19.1 Å². The van der Waals surface area contributed by atoms with Gasteiger partial charge in [-0.2, -0.15) is 0 Å². The molecule has 1 rings (SSSR count). The standard InChI is InChI=1S/C22H40N6O4/c1-2-3-4-5-6-9-12-32-22(31)18(10-7-8-11-23)28-21(30)19(27-20(29)14-24)13-17-15-25-16-26-17/h16,18-19H,2-15,23-24H2,1H3,(H,27,29)(H,28,30)/t18-,19-/m0/s1. The highest BCUT2D eigenvalue weighted by Gasteiger charge is 2.28. The lowest BCUT2D eigenvalue weighted by Crippen LogP contribution is -2.53. The summed E-state index contributed by atoms with van der Waals surface area (Å²) in [5, 5.41) is 5.34. The summed E-state index contributed by atoms with van der Waals surface area (Å²) < 4.78 is 5.42. The van der Waals surface area contributed by atoms with Crippen LogP contribution in [0.25, 0.3) is 0 Å². The van der Waals surface area contributed by atoms with Crippen molar-refractivity contribution >= 4 is 29.8 Å². The highest BCUT2D eigenvalue weighted by atomic mass is 16.5. The predicted octanol–water partition coefficient (Wildman–Crippen LogP) is 0.820. The molecular weight excluding hydrogens is 412 g/mol. The summed E-state index contributed by atoms with van der Waals surface area (Å²) in [4.78, 5) is 45.4. The van der Waals surface area contributed by atoms with Crippen molar-refractivity contribution in [1.29, 1.82) is 0 Å². The van der Waals surface area contributed by atoms with Crippen molar-refractivity contribution in [2.75, 3.05) is 26.2 Å². The fourth-order valence-electron chi connectivity index (χ4n) is 3.29. The Hall–Kier alpha value is -2.33. The van der Waals surface area contributed by atoms with Gasteiger partial charge in [0.1, 0.15) is 18.4 Å². The number of hydrogen-bond acceptors (Lipinski definition) is 8. The molecule has 0 spiro atoms. The Morgan fingerprint density at radius 3 is 2.44 bits per heavy atom. The van der Waals surface area contributed by atoms with Gasteiger partial charge in [0.15, 0.2) is 0 Å². The van der Waals surface area contributed by atoms with Crippen molar-refractivity contribution in [3.05, 3.63) is 0 Å². The molecule has 0 aliphatic carbocycles. The normalized spacial score (nSPS) is 14.5. The molecule has 0 aromatic carbocycles. The lowest BCUT2D eigenvalue weighted by Gasteiger charge is -2.22. The molecule has 0 bridgehead atoms. The van der Waals surface area contributed by atoms with Gasteiger partial charge in [0.2, 0.25) is 11.8 Å². The summed E-state index contributed by atoms with van der Waals surface area (Å²) in [5.74, 6) is -1.40. The lowest BCUT2D eigenvalue weighted by atomic mass is 10.1. The zero-order chi connectivity index (χ0) is 23.6. The molecule has 2 amide bonds. The first-order valence-corrected chi connectivity index (χ1v) is 11.7. The molecule has 6 N–H and O–H groups in total. The fraction of sp³-hybridized carbons (Fsp3) is 0.773. The topological polar surface area (TPSA) is 161 Å². The molecule has 32 heavy (non-hydrogen) atoms. The number of esters is 1. The smallest absolute Gasteiger partial charge is 0.328 e. The molecule has 1 heterocycles. The Morgan fingerprint density at radius 2 is 1.78 bits per heavy atom. The van der Waals surface area contributed by atoms with E-state index in [0.29, 0.717) is 38.2 Å². The number of hydrogen-bond donors (Lipinski definition) is 4. The van der Waals surface area contributed by atoms with Crippen LogP contribution in [0.4, 0.5) is 0 Å². The first-order valence-electron chi connectivity index (χ1n) is 11.7. The molecule has 0 unspecified atom stereocenters. The molecule has 0 fully saturated rings. The zero-order valence-corrected chi connectivity index (χ0v) is 19.3. The number of carbonyl (C=O) groups excluding carboxylic acids is 3. The Balaban J connectivity index is 2.63.